The highest BCUT2D eigenvalue weighted by molar-refractivity contribution is 9.11. The van der Waals surface area contributed by atoms with Gasteiger partial charge in [-0.15, -0.1) is 0 Å². The third-order valence-electron chi connectivity index (χ3n) is 3.29. The summed E-state index contributed by atoms with van der Waals surface area (Å²) in [5.41, 5.74) is 0.280. The Morgan fingerprint density at radius 1 is 1.04 bits per heavy atom. The zero-order chi connectivity index (χ0) is 20.9. The average molecular weight is 535 g/mol. The number of esters is 1. The van der Waals surface area contributed by atoms with E-state index in [1.807, 2.05) is 18.2 Å². The van der Waals surface area contributed by atoms with Crippen LogP contribution in [0.1, 0.15) is 26.3 Å². The molecule has 0 aliphatic carbocycles. The molecule has 28 heavy (non-hydrogen) atoms. The Bertz CT molecular complexity index is 918. The van der Waals surface area contributed by atoms with Crippen LogP contribution in [0.25, 0.3) is 0 Å². The Morgan fingerprint density at radius 3 is 2.14 bits per heavy atom. The first-order valence-electron chi connectivity index (χ1n) is 8.34. The van der Waals surface area contributed by atoms with Crippen LogP contribution in [0.4, 0.5) is 0 Å². The van der Waals surface area contributed by atoms with Gasteiger partial charge in [-0.1, -0.05) is 31.9 Å². The van der Waals surface area contributed by atoms with E-state index in [9.17, 15) is 13.2 Å². The number of sulfonamides is 1. The molecule has 2 aromatic rings. The molecule has 9 heteroatoms. The number of carbonyl (C=O) groups is 1. The van der Waals surface area contributed by atoms with Crippen molar-refractivity contribution in [2.24, 2.45) is 0 Å². The summed E-state index contributed by atoms with van der Waals surface area (Å²) < 4.78 is 39.5. The van der Waals surface area contributed by atoms with Gasteiger partial charge in [0.15, 0.2) is 0 Å². The molecule has 0 aliphatic rings. The highest BCUT2D eigenvalue weighted by Gasteiger charge is 2.20. The van der Waals surface area contributed by atoms with Gasteiger partial charge in [0, 0.05) is 8.95 Å². The molecule has 0 saturated heterocycles. The summed E-state index contributed by atoms with van der Waals surface area (Å²) in [4.78, 5) is 11.7. The fraction of sp³-hybridized carbons (Fsp3) is 0.316. The van der Waals surface area contributed by atoms with E-state index in [0.717, 1.165) is 14.5 Å². The van der Waals surface area contributed by atoms with Gasteiger partial charge in [-0.2, -0.15) is 4.72 Å². The molecule has 0 heterocycles. The minimum absolute atomic E-state index is 0.0357. The van der Waals surface area contributed by atoms with Crippen LogP contribution >= 0.6 is 31.9 Å². The van der Waals surface area contributed by atoms with E-state index in [1.54, 1.807) is 32.9 Å². The zero-order valence-corrected chi connectivity index (χ0v) is 19.6. The Hall–Kier alpha value is -1.42. The van der Waals surface area contributed by atoms with Crippen LogP contribution in [0.2, 0.25) is 0 Å². The summed E-state index contributed by atoms with van der Waals surface area (Å²) >= 11 is 6.84. The van der Waals surface area contributed by atoms with Gasteiger partial charge < -0.3 is 9.47 Å². The van der Waals surface area contributed by atoms with Gasteiger partial charge in [0.1, 0.15) is 24.5 Å². The van der Waals surface area contributed by atoms with Gasteiger partial charge in [0.2, 0.25) is 10.0 Å². The monoisotopic (exact) mass is 533 g/mol. The van der Waals surface area contributed by atoms with Gasteiger partial charge >= 0.3 is 5.97 Å². The van der Waals surface area contributed by atoms with Crippen LogP contribution in [0.3, 0.4) is 0 Å². The number of rotatable bonds is 7. The summed E-state index contributed by atoms with van der Waals surface area (Å²) in [6.07, 6.45) is 0. The summed E-state index contributed by atoms with van der Waals surface area (Å²) in [5, 5.41) is 0. The predicted octanol–water partition coefficient (Wildman–Crippen LogP) is 4.41. The average Bonchev–Trinajstić information content (AvgIpc) is 2.56. The van der Waals surface area contributed by atoms with Crippen LogP contribution in [0, 0.1) is 0 Å². The van der Waals surface area contributed by atoms with Crippen molar-refractivity contribution in [1.29, 1.82) is 0 Å². The number of benzene rings is 2. The molecule has 0 fully saturated rings. The van der Waals surface area contributed by atoms with Crippen LogP contribution in [0.5, 0.6) is 5.75 Å². The second-order valence-corrected chi connectivity index (χ2v) is 10.5. The molecule has 0 radical (unpaired) electrons. The maximum Gasteiger partial charge on any atom is 0.321 e. The third kappa shape index (κ3) is 7.54. The topological polar surface area (TPSA) is 81.7 Å². The van der Waals surface area contributed by atoms with Gasteiger partial charge in [-0.3, -0.25) is 4.79 Å². The second kappa shape index (κ2) is 9.39. The predicted molar refractivity (Wildman–Crippen MR) is 114 cm³/mol. The maximum atomic E-state index is 12.3. The summed E-state index contributed by atoms with van der Waals surface area (Å²) in [7, 11) is -3.82. The van der Waals surface area contributed by atoms with Crippen molar-refractivity contribution in [2.45, 2.75) is 37.9 Å². The van der Waals surface area contributed by atoms with Crippen LogP contribution in [-0.4, -0.2) is 26.5 Å². The van der Waals surface area contributed by atoms with E-state index in [2.05, 4.69) is 36.6 Å². The van der Waals surface area contributed by atoms with Crippen molar-refractivity contribution in [2.75, 3.05) is 6.54 Å². The quantitative estimate of drug-likeness (QED) is 0.532. The zero-order valence-electron chi connectivity index (χ0n) is 15.7. The maximum absolute atomic E-state index is 12.3. The van der Waals surface area contributed by atoms with E-state index in [4.69, 9.17) is 9.47 Å². The molecule has 0 bridgehead atoms. The highest BCUT2D eigenvalue weighted by Crippen LogP contribution is 2.22. The van der Waals surface area contributed by atoms with Crippen molar-refractivity contribution in [1.82, 2.24) is 4.72 Å². The summed E-state index contributed by atoms with van der Waals surface area (Å²) in [5.74, 6) is -0.113. The Labute approximate surface area is 181 Å². The number of nitrogens with one attached hydrogen (secondary N) is 1. The first-order chi connectivity index (χ1) is 12.9. The highest BCUT2D eigenvalue weighted by atomic mass is 79.9. The smallest absolute Gasteiger partial charge is 0.321 e. The Balaban J connectivity index is 1.96. The first-order valence-corrected chi connectivity index (χ1v) is 11.4. The molecule has 0 aromatic heterocycles. The molecule has 152 valence electrons. The first kappa shape index (κ1) is 22.9. The van der Waals surface area contributed by atoms with Gasteiger partial charge in [-0.05, 0) is 68.8 Å². The Kier molecular flexibility index (Phi) is 7.66. The molecule has 0 atom stereocenters. The number of halogens is 2. The molecular weight excluding hydrogens is 514 g/mol. The van der Waals surface area contributed by atoms with Crippen molar-refractivity contribution < 1.29 is 22.7 Å². The molecule has 0 amide bonds. The molecule has 0 aliphatic heterocycles. The molecule has 0 saturated carbocycles. The fourth-order valence-corrected chi connectivity index (χ4v) is 4.55. The lowest BCUT2D eigenvalue weighted by molar-refractivity contribution is -0.153. The molecule has 1 N–H and O–H groups in total. The largest absolute Gasteiger partial charge is 0.489 e. The van der Waals surface area contributed by atoms with E-state index in [1.165, 1.54) is 12.1 Å². The summed E-state index contributed by atoms with van der Waals surface area (Å²) in [6.45, 7) is 5.04. The second-order valence-electron chi connectivity index (χ2n) is 6.95. The van der Waals surface area contributed by atoms with Crippen LogP contribution in [0.15, 0.2) is 56.3 Å². The van der Waals surface area contributed by atoms with E-state index >= 15 is 0 Å². The SMILES string of the molecule is CC(C)(C)OC(=O)CNS(=O)(=O)c1ccc(OCc2cc(Br)cc(Br)c2)cc1. The fourth-order valence-electron chi connectivity index (χ4n) is 2.19. The third-order valence-corrected chi connectivity index (χ3v) is 5.62. The summed E-state index contributed by atoms with van der Waals surface area (Å²) in [6, 6.07) is 11.8. The lowest BCUT2D eigenvalue weighted by atomic mass is 10.2. The van der Waals surface area contributed by atoms with Gasteiger partial charge in [-0.25, -0.2) is 8.42 Å². The number of carbonyl (C=O) groups excluding carboxylic acids is 1. The minimum Gasteiger partial charge on any atom is -0.489 e. The molecule has 0 spiro atoms. The minimum atomic E-state index is -3.82. The van der Waals surface area contributed by atoms with E-state index in [0.29, 0.717) is 12.4 Å². The molecule has 2 rings (SSSR count). The molecular formula is C19H21Br2NO5S. The standard InChI is InChI=1S/C19H21Br2NO5S/c1-19(2,3)27-18(23)11-22-28(24,25)17-6-4-16(5-7-17)26-12-13-8-14(20)10-15(21)9-13/h4-10,22H,11-12H2,1-3H3. The van der Waals surface area contributed by atoms with Crippen molar-refractivity contribution in [3.8, 4) is 5.75 Å². The molecule has 6 nitrogen and oxygen atoms in total. The van der Waals surface area contributed by atoms with Gasteiger partial charge in [0.25, 0.3) is 0 Å². The lowest BCUT2D eigenvalue weighted by Crippen LogP contribution is -2.34. The lowest BCUT2D eigenvalue weighted by Gasteiger charge is -2.19. The van der Waals surface area contributed by atoms with E-state index < -0.39 is 28.1 Å². The van der Waals surface area contributed by atoms with E-state index in [-0.39, 0.29) is 4.90 Å². The van der Waals surface area contributed by atoms with Gasteiger partial charge in [0.05, 0.1) is 4.90 Å². The number of hydrogen-bond acceptors (Lipinski definition) is 5. The van der Waals surface area contributed by atoms with Crippen LogP contribution < -0.4 is 9.46 Å². The van der Waals surface area contributed by atoms with Crippen molar-refractivity contribution in [3.63, 3.8) is 0 Å². The Morgan fingerprint density at radius 2 is 1.61 bits per heavy atom. The number of hydrogen-bond donors (Lipinski definition) is 1. The van der Waals surface area contributed by atoms with Crippen LogP contribution in [-0.2, 0) is 26.2 Å². The number of ether oxygens (including phenoxy) is 2. The van der Waals surface area contributed by atoms with Crippen molar-refractivity contribution >= 4 is 47.9 Å². The van der Waals surface area contributed by atoms with Crippen molar-refractivity contribution in [3.05, 3.63) is 57.0 Å². The normalized spacial score (nSPS) is 11.9. The molecule has 2 aromatic carbocycles. The molecule has 0 unspecified atom stereocenters.